The molecule has 0 radical (unpaired) electrons. The normalized spacial score (nSPS) is 16.5. The Labute approximate surface area is 123 Å². The van der Waals surface area contributed by atoms with E-state index in [0.717, 1.165) is 8.87 Å². The van der Waals surface area contributed by atoms with Crippen molar-refractivity contribution < 1.29 is 21.6 Å². The zero-order valence-electron chi connectivity index (χ0n) is 11.0. The van der Waals surface area contributed by atoms with E-state index in [4.69, 9.17) is 0 Å². The molecular weight excluding hydrogens is 323 g/mol. The zero-order chi connectivity index (χ0) is 16.0. The van der Waals surface area contributed by atoms with Crippen LogP contribution in [0.4, 0.5) is 13.2 Å². The van der Waals surface area contributed by atoms with Gasteiger partial charge in [-0.05, 0) is 12.1 Å². The monoisotopic (exact) mass is 333 g/mol. The molecule has 0 N–H and O–H groups in total. The van der Waals surface area contributed by atoms with Crippen LogP contribution in [-0.2, 0) is 29.3 Å². The molecule has 11 heteroatoms. The Hall–Kier alpha value is -2.01. The minimum atomic E-state index is -4.62. The number of sulfonamides is 1. The second kappa shape index (κ2) is 5.02. The molecule has 2 aromatic heterocycles. The first kappa shape index (κ1) is 14.9. The fourth-order valence-corrected chi connectivity index (χ4v) is 3.55. The molecule has 0 amide bonds. The molecule has 0 saturated carbocycles. The SMILES string of the molecule is O=S(=O)(c1cccnc1)N1CCn2c(nnc2C(F)(F)F)C1. The lowest BCUT2D eigenvalue weighted by atomic mass is 10.4. The Morgan fingerprint density at radius 1 is 1.18 bits per heavy atom. The van der Waals surface area contributed by atoms with Gasteiger partial charge in [0.25, 0.3) is 0 Å². The number of nitrogens with zero attached hydrogens (tertiary/aromatic N) is 5. The molecular formula is C11H10F3N5O2S. The van der Waals surface area contributed by atoms with E-state index >= 15 is 0 Å². The predicted molar refractivity (Wildman–Crippen MR) is 66.9 cm³/mol. The minimum Gasteiger partial charge on any atom is -0.305 e. The van der Waals surface area contributed by atoms with Crippen LogP contribution in [0.15, 0.2) is 29.4 Å². The number of hydrogen-bond acceptors (Lipinski definition) is 5. The zero-order valence-corrected chi connectivity index (χ0v) is 11.8. The van der Waals surface area contributed by atoms with Crippen molar-refractivity contribution in [1.82, 2.24) is 24.1 Å². The number of halogens is 3. The summed E-state index contributed by atoms with van der Waals surface area (Å²) in [5, 5.41) is 6.56. The largest absolute Gasteiger partial charge is 0.451 e. The summed E-state index contributed by atoms with van der Waals surface area (Å²) in [4.78, 5) is 3.72. The van der Waals surface area contributed by atoms with Crippen molar-refractivity contribution in [3.05, 3.63) is 36.2 Å². The average Bonchev–Trinajstić information content (AvgIpc) is 2.91. The lowest BCUT2D eigenvalue weighted by molar-refractivity contribution is -0.147. The van der Waals surface area contributed by atoms with Gasteiger partial charge in [0.05, 0.1) is 6.54 Å². The highest BCUT2D eigenvalue weighted by Gasteiger charge is 2.40. The van der Waals surface area contributed by atoms with E-state index in [9.17, 15) is 21.6 Å². The van der Waals surface area contributed by atoms with E-state index < -0.39 is 22.0 Å². The Morgan fingerprint density at radius 2 is 1.95 bits per heavy atom. The van der Waals surface area contributed by atoms with Gasteiger partial charge in [-0.25, -0.2) is 8.42 Å². The lowest BCUT2D eigenvalue weighted by Crippen LogP contribution is -2.39. The molecule has 0 spiro atoms. The number of rotatable bonds is 2. The van der Waals surface area contributed by atoms with E-state index in [1.807, 2.05) is 0 Å². The minimum absolute atomic E-state index is 0.0148. The predicted octanol–water partition coefficient (Wildman–Crippen LogP) is 0.896. The maximum atomic E-state index is 12.7. The first-order chi connectivity index (χ1) is 10.3. The Kier molecular flexibility index (Phi) is 3.40. The van der Waals surface area contributed by atoms with Gasteiger partial charge in [0.1, 0.15) is 10.7 Å². The number of hydrogen-bond donors (Lipinski definition) is 0. The van der Waals surface area contributed by atoms with Crippen LogP contribution in [-0.4, -0.2) is 39.0 Å². The molecule has 118 valence electrons. The summed E-state index contributed by atoms with van der Waals surface area (Å²) in [6.07, 6.45) is -1.99. The van der Waals surface area contributed by atoms with Gasteiger partial charge in [-0.1, -0.05) is 0 Å². The average molecular weight is 333 g/mol. The summed E-state index contributed by atoms with van der Waals surface area (Å²) in [6, 6.07) is 2.85. The number of fused-ring (bicyclic) bond motifs is 1. The van der Waals surface area contributed by atoms with Crippen molar-refractivity contribution in [3.63, 3.8) is 0 Å². The fourth-order valence-electron chi connectivity index (χ4n) is 2.20. The van der Waals surface area contributed by atoms with Crippen molar-refractivity contribution in [3.8, 4) is 0 Å². The fraction of sp³-hybridized carbons (Fsp3) is 0.364. The van der Waals surface area contributed by atoms with Crippen LogP contribution in [0.2, 0.25) is 0 Å². The summed E-state index contributed by atoms with van der Waals surface area (Å²) in [5.41, 5.74) is 0. The quantitative estimate of drug-likeness (QED) is 0.815. The van der Waals surface area contributed by atoms with Gasteiger partial charge in [0.2, 0.25) is 15.8 Å². The Balaban J connectivity index is 1.91. The van der Waals surface area contributed by atoms with Crippen LogP contribution < -0.4 is 0 Å². The molecule has 3 heterocycles. The first-order valence-corrected chi connectivity index (χ1v) is 7.63. The van der Waals surface area contributed by atoms with Gasteiger partial charge in [-0.3, -0.25) is 4.98 Å². The van der Waals surface area contributed by atoms with E-state index in [-0.39, 0.29) is 30.4 Å². The summed E-state index contributed by atoms with van der Waals surface area (Å²) in [7, 11) is -3.82. The molecule has 0 fully saturated rings. The third-order valence-electron chi connectivity index (χ3n) is 3.24. The molecule has 0 saturated heterocycles. The van der Waals surface area contributed by atoms with Crippen molar-refractivity contribution in [2.75, 3.05) is 6.54 Å². The Bertz CT molecular complexity index is 788. The lowest BCUT2D eigenvalue weighted by Gasteiger charge is -2.27. The van der Waals surface area contributed by atoms with Crippen molar-refractivity contribution in [2.24, 2.45) is 0 Å². The summed E-state index contributed by atoms with van der Waals surface area (Å²) in [5.74, 6) is -1.15. The topological polar surface area (TPSA) is 81.0 Å². The Morgan fingerprint density at radius 3 is 2.59 bits per heavy atom. The molecule has 7 nitrogen and oxygen atoms in total. The maximum Gasteiger partial charge on any atom is 0.451 e. The highest BCUT2D eigenvalue weighted by molar-refractivity contribution is 7.89. The van der Waals surface area contributed by atoms with Gasteiger partial charge in [0, 0.05) is 25.5 Å². The molecule has 2 aromatic rings. The van der Waals surface area contributed by atoms with Crippen molar-refractivity contribution in [2.45, 2.75) is 24.2 Å². The summed E-state index contributed by atoms with van der Waals surface area (Å²) in [6.45, 7) is -0.512. The maximum absolute atomic E-state index is 12.7. The number of pyridine rings is 1. The van der Waals surface area contributed by atoms with Crippen LogP contribution in [0, 0.1) is 0 Å². The van der Waals surface area contributed by atoms with Gasteiger partial charge >= 0.3 is 6.18 Å². The third kappa shape index (κ3) is 2.46. The summed E-state index contributed by atoms with van der Waals surface area (Å²) < 4.78 is 65.0. The highest BCUT2D eigenvalue weighted by Crippen LogP contribution is 2.30. The first-order valence-electron chi connectivity index (χ1n) is 6.19. The molecule has 0 atom stereocenters. The van der Waals surface area contributed by atoms with Crippen molar-refractivity contribution >= 4 is 10.0 Å². The van der Waals surface area contributed by atoms with Gasteiger partial charge in [-0.15, -0.1) is 10.2 Å². The molecule has 0 unspecified atom stereocenters. The number of aromatic nitrogens is 4. The van der Waals surface area contributed by atoms with Gasteiger partial charge in [0.15, 0.2) is 0 Å². The standard InChI is InChI=1S/C11H10F3N5O2S/c12-11(13,14)10-17-16-9-7-18(4-5-19(9)10)22(20,21)8-2-1-3-15-6-8/h1-3,6H,4-5,7H2. The smallest absolute Gasteiger partial charge is 0.305 e. The van der Waals surface area contributed by atoms with E-state index in [0.29, 0.717) is 0 Å². The van der Waals surface area contributed by atoms with Crippen LogP contribution in [0.3, 0.4) is 0 Å². The van der Waals surface area contributed by atoms with E-state index in [1.54, 1.807) is 0 Å². The summed E-state index contributed by atoms with van der Waals surface area (Å²) >= 11 is 0. The molecule has 0 aliphatic carbocycles. The van der Waals surface area contributed by atoms with Crippen LogP contribution in [0.1, 0.15) is 11.6 Å². The van der Waals surface area contributed by atoms with Gasteiger partial charge < -0.3 is 4.57 Å². The molecule has 0 aromatic carbocycles. The second-order valence-electron chi connectivity index (χ2n) is 4.62. The van der Waals surface area contributed by atoms with Crippen molar-refractivity contribution in [1.29, 1.82) is 0 Å². The second-order valence-corrected chi connectivity index (χ2v) is 6.55. The molecule has 22 heavy (non-hydrogen) atoms. The van der Waals surface area contributed by atoms with Gasteiger partial charge in [-0.2, -0.15) is 17.5 Å². The molecule has 0 bridgehead atoms. The molecule has 3 rings (SSSR count). The highest BCUT2D eigenvalue weighted by atomic mass is 32.2. The van der Waals surface area contributed by atoms with Crippen LogP contribution in [0.25, 0.3) is 0 Å². The van der Waals surface area contributed by atoms with Crippen LogP contribution in [0.5, 0.6) is 0 Å². The molecule has 1 aliphatic rings. The molecule has 1 aliphatic heterocycles. The van der Waals surface area contributed by atoms with E-state index in [2.05, 4.69) is 15.2 Å². The van der Waals surface area contributed by atoms with E-state index in [1.165, 1.54) is 24.5 Å². The third-order valence-corrected chi connectivity index (χ3v) is 5.07. The number of alkyl halides is 3. The van der Waals surface area contributed by atoms with Crippen LogP contribution >= 0.6 is 0 Å².